The minimum absolute atomic E-state index is 0.0394. The molecule has 33 heavy (non-hydrogen) atoms. The van der Waals surface area contributed by atoms with Crippen molar-refractivity contribution >= 4 is 34.8 Å². The van der Waals surface area contributed by atoms with Gasteiger partial charge in [-0.3, -0.25) is 19.7 Å². The van der Waals surface area contributed by atoms with Crippen LogP contribution in [0.4, 0.5) is 17.1 Å². The van der Waals surface area contributed by atoms with E-state index in [0.29, 0.717) is 22.7 Å². The van der Waals surface area contributed by atoms with Crippen molar-refractivity contribution in [3.63, 3.8) is 0 Å². The van der Waals surface area contributed by atoms with E-state index in [9.17, 15) is 24.5 Å². The molecule has 2 amide bonds. The second-order valence-corrected chi connectivity index (χ2v) is 6.66. The normalized spacial score (nSPS) is 10.1. The van der Waals surface area contributed by atoms with Crippen LogP contribution in [0.2, 0.25) is 0 Å². The summed E-state index contributed by atoms with van der Waals surface area (Å²) in [5.41, 5.74) is 0.968. The van der Waals surface area contributed by atoms with E-state index in [-0.39, 0.29) is 17.2 Å². The quantitative estimate of drug-likeness (QED) is 0.304. The SMILES string of the molecule is COc1ccccc1NC(=O)c1ccc(NC(=O)COC(=O)c2cccc([N+](=O)[O-])c2)cc1. The summed E-state index contributed by atoms with van der Waals surface area (Å²) < 4.78 is 10.1. The van der Waals surface area contributed by atoms with Gasteiger partial charge < -0.3 is 20.1 Å². The molecule has 0 saturated heterocycles. The molecule has 0 spiro atoms. The number of rotatable bonds is 8. The predicted octanol–water partition coefficient (Wildman–Crippen LogP) is 3.65. The fraction of sp³-hybridized carbons (Fsp3) is 0.0870. The van der Waals surface area contributed by atoms with Crippen molar-refractivity contribution in [3.05, 3.63) is 94.0 Å². The summed E-state index contributed by atoms with van der Waals surface area (Å²) in [6.07, 6.45) is 0. The van der Waals surface area contributed by atoms with E-state index in [4.69, 9.17) is 9.47 Å². The molecule has 0 saturated carbocycles. The Labute approximate surface area is 188 Å². The first-order valence-electron chi connectivity index (χ1n) is 9.63. The van der Waals surface area contributed by atoms with Crippen LogP contribution in [0.3, 0.4) is 0 Å². The maximum Gasteiger partial charge on any atom is 0.338 e. The third-order valence-electron chi connectivity index (χ3n) is 4.41. The molecule has 10 nitrogen and oxygen atoms in total. The highest BCUT2D eigenvalue weighted by Crippen LogP contribution is 2.24. The van der Waals surface area contributed by atoms with E-state index >= 15 is 0 Å². The van der Waals surface area contributed by atoms with Gasteiger partial charge in [0.25, 0.3) is 17.5 Å². The number of ether oxygens (including phenoxy) is 2. The van der Waals surface area contributed by atoms with Gasteiger partial charge in [0, 0.05) is 23.4 Å². The van der Waals surface area contributed by atoms with E-state index < -0.39 is 23.4 Å². The van der Waals surface area contributed by atoms with Crippen molar-refractivity contribution in [2.75, 3.05) is 24.4 Å². The molecule has 0 heterocycles. The summed E-state index contributed by atoms with van der Waals surface area (Å²) in [6, 6.07) is 18.1. The maximum atomic E-state index is 12.4. The lowest BCUT2D eigenvalue weighted by Gasteiger charge is -2.10. The van der Waals surface area contributed by atoms with Crippen LogP contribution >= 0.6 is 0 Å². The number of nitrogens with zero attached hydrogens (tertiary/aromatic N) is 1. The zero-order chi connectivity index (χ0) is 23.8. The Morgan fingerprint density at radius 1 is 0.909 bits per heavy atom. The summed E-state index contributed by atoms with van der Waals surface area (Å²) in [6.45, 7) is -0.586. The van der Waals surface area contributed by atoms with Crippen molar-refractivity contribution in [1.82, 2.24) is 0 Å². The minimum Gasteiger partial charge on any atom is -0.495 e. The summed E-state index contributed by atoms with van der Waals surface area (Å²) in [5, 5.41) is 16.1. The Morgan fingerprint density at radius 3 is 2.33 bits per heavy atom. The molecule has 10 heteroatoms. The van der Waals surface area contributed by atoms with Crippen LogP contribution in [0.25, 0.3) is 0 Å². The van der Waals surface area contributed by atoms with Crippen molar-refractivity contribution < 1.29 is 28.8 Å². The summed E-state index contributed by atoms with van der Waals surface area (Å²) >= 11 is 0. The molecule has 3 rings (SSSR count). The van der Waals surface area contributed by atoms with Gasteiger partial charge in [0.1, 0.15) is 5.75 Å². The van der Waals surface area contributed by atoms with E-state index in [2.05, 4.69) is 10.6 Å². The number of nitro benzene ring substituents is 1. The molecule has 0 fully saturated rings. The maximum absolute atomic E-state index is 12.4. The van der Waals surface area contributed by atoms with E-state index in [1.807, 2.05) is 0 Å². The Kier molecular flexibility index (Phi) is 7.32. The van der Waals surface area contributed by atoms with Crippen LogP contribution in [0.1, 0.15) is 20.7 Å². The number of nitro groups is 1. The average molecular weight is 449 g/mol. The van der Waals surface area contributed by atoms with Crippen LogP contribution in [-0.4, -0.2) is 36.4 Å². The smallest absolute Gasteiger partial charge is 0.338 e. The number of amides is 2. The van der Waals surface area contributed by atoms with Crippen LogP contribution in [-0.2, 0) is 9.53 Å². The van der Waals surface area contributed by atoms with Gasteiger partial charge in [0.15, 0.2) is 6.61 Å². The summed E-state index contributed by atoms with van der Waals surface area (Å²) in [7, 11) is 1.50. The van der Waals surface area contributed by atoms with Gasteiger partial charge in [0.2, 0.25) is 0 Å². The van der Waals surface area contributed by atoms with Crippen molar-refractivity contribution in [2.24, 2.45) is 0 Å². The Bertz CT molecular complexity index is 1190. The number of hydrogen-bond acceptors (Lipinski definition) is 7. The van der Waals surface area contributed by atoms with E-state index in [1.165, 1.54) is 49.6 Å². The number of carbonyl (C=O) groups is 3. The highest BCUT2D eigenvalue weighted by molar-refractivity contribution is 6.05. The Morgan fingerprint density at radius 2 is 1.64 bits per heavy atom. The van der Waals surface area contributed by atoms with E-state index in [0.717, 1.165) is 6.07 Å². The molecule has 0 radical (unpaired) electrons. The third kappa shape index (κ3) is 6.14. The highest BCUT2D eigenvalue weighted by atomic mass is 16.6. The Hall–Kier alpha value is -4.73. The molecule has 0 atom stereocenters. The van der Waals surface area contributed by atoms with Crippen LogP contribution in [0.5, 0.6) is 5.75 Å². The van der Waals surface area contributed by atoms with Crippen LogP contribution < -0.4 is 15.4 Å². The van der Waals surface area contributed by atoms with Crippen molar-refractivity contribution in [2.45, 2.75) is 0 Å². The van der Waals surface area contributed by atoms with Gasteiger partial charge in [-0.1, -0.05) is 18.2 Å². The van der Waals surface area contributed by atoms with Crippen molar-refractivity contribution in [3.8, 4) is 5.75 Å². The first kappa shape index (κ1) is 22.9. The van der Waals surface area contributed by atoms with Gasteiger partial charge in [0.05, 0.1) is 23.3 Å². The van der Waals surface area contributed by atoms with Crippen molar-refractivity contribution in [1.29, 1.82) is 0 Å². The standard InChI is InChI=1S/C23H19N3O7/c1-32-20-8-3-2-7-19(20)25-22(28)15-9-11-17(12-10-15)24-21(27)14-33-23(29)16-5-4-6-18(13-16)26(30)31/h2-13H,14H2,1H3,(H,24,27)(H,25,28). The molecule has 0 unspecified atom stereocenters. The number of methoxy groups -OCH3 is 1. The molecule has 0 aliphatic carbocycles. The number of hydrogen-bond donors (Lipinski definition) is 2. The highest BCUT2D eigenvalue weighted by Gasteiger charge is 2.15. The zero-order valence-corrected chi connectivity index (χ0v) is 17.4. The molecule has 0 bridgehead atoms. The summed E-state index contributed by atoms with van der Waals surface area (Å²) in [4.78, 5) is 46.7. The summed E-state index contributed by atoms with van der Waals surface area (Å²) in [5.74, 6) is -1.31. The van der Waals surface area contributed by atoms with Gasteiger partial charge in [-0.15, -0.1) is 0 Å². The molecule has 3 aromatic rings. The lowest BCUT2D eigenvalue weighted by molar-refractivity contribution is -0.384. The lowest BCUT2D eigenvalue weighted by atomic mass is 10.2. The largest absolute Gasteiger partial charge is 0.495 e. The molecule has 0 aromatic heterocycles. The Balaban J connectivity index is 1.53. The lowest BCUT2D eigenvalue weighted by Crippen LogP contribution is -2.21. The number of non-ortho nitro benzene ring substituents is 1. The first-order chi connectivity index (χ1) is 15.9. The predicted molar refractivity (Wildman–Crippen MR) is 119 cm³/mol. The van der Waals surface area contributed by atoms with Crippen LogP contribution in [0.15, 0.2) is 72.8 Å². The fourth-order valence-electron chi connectivity index (χ4n) is 2.81. The number of esters is 1. The average Bonchev–Trinajstić information content (AvgIpc) is 2.83. The molecule has 3 aromatic carbocycles. The number of benzene rings is 3. The van der Waals surface area contributed by atoms with Crippen LogP contribution in [0, 0.1) is 10.1 Å². The number of para-hydroxylation sites is 2. The number of carbonyl (C=O) groups excluding carboxylic acids is 3. The van der Waals surface area contributed by atoms with Gasteiger partial charge >= 0.3 is 5.97 Å². The molecular formula is C23H19N3O7. The molecule has 2 N–H and O–H groups in total. The van der Waals surface area contributed by atoms with Gasteiger partial charge in [-0.2, -0.15) is 0 Å². The van der Waals surface area contributed by atoms with Gasteiger partial charge in [-0.05, 0) is 42.5 Å². The second kappa shape index (κ2) is 10.5. The third-order valence-corrected chi connectivity index (χ3v) is 4.41. The molecule has 0 aliphatic heterocycles. The zero-order valence-electron chi connectivity index (χ0n) is 17.4. The molecular weight excluding hydrogens is 430 g/mol. The monoisotopic (exact) mass is 449 g/mol. The minimum atomic E-state index is -0.864. The second-order valence-electron chi connectivity index (χ2n) is 6.66. The fourth-order valence-corrected chi connectivity index (χ4v) is 2.81. The topological polar surface area (TPSA) is 137 Å². The molecule has 0 aliphatic rings. The van der Waals surface area contributed by atoms with Gasteiger partial charge in [-0.25, -0.2) is 4.79 Å². The van der Waals surface area contributed by atoms with E-state index in [1.54, 1.807) is 24.3 Å². The number of nitrogens with one attached hydrogen (secondary N) is 2. The number of anilines is 2. The first-order valence-corrected chi connectivity index (χ1v) is 9.63. The molecule has 168 valence electrons.